The Labute approximate surface area is 167 Å². The molecule has 0 unspecified atom stereocenters. The van der Waals surface area contributed by atoms with Crippen molar-refractivity contribution in [2.24, 2.45) is 35.0 Å². The second-order valence-corrected chi connectivity index (χ2v) is 9.80. The lowest BCUT2D eigenvalue weighted by Gasteiger charge is -2.53. The molecule has 0 amide bonds. The van der Waals surface area contributed by atoms with E-state index in [0.717, 1.165) is 44.1 Å². The summed E-state index contributed by atoms with van der Waals surface area (Å²) in [6, 6.07) is 0. The Hall–Kier alpha value is -1.71. The lowest BCUT2D eigenvalue weighted by atomic mass is 9.51. The number of hydrogen-bond donors (Lipinski definition) is 0. The molecule has 152 valence electrons. The van der Waals surface area contributed by atoms with Crippen LogP contribution in [-0.2, 0) is 19.1 Å². The van der Waals surface area contributed by atoms with Crippen molar-refractivity contribution in [2.75, 3.05) is 6.61 Å². The highest BCUT2D eigenvalue weighted by Crippen LogP contribution is 2.62. The monoisotopic (exact) mass is 384 g/mol. The summed E-state index contributed by atoms with van der Waals surface area (Å²) in [6.45, 7) is 5.69. The minimum atomic E-state index is -0.309. The maximum atomic E-state index is 12.9. The summed E-state index contributed by atoms with van der Waals surface area (Å²) in [4.78, 5) is 36.4. The maximum Gasteiger partial charge on any atom is 0.308 e. The summed E-state index contributed by atoms with van der Waals surface area (Å²) >= 11 is 0. The fourth-order valence-corrected chi connectivity index (χ4v) is 6.56. The molecule has 0 radical (unpaired) electrons. The first-order valence-corrected chi connectivity index (χ1v) is 10.9. The fraction of sp³-hybridized carbons (Fsp3) is 0.708. The third-order valence-electron chi connectivity index (χ3n) is 8.00. The van der Waals surface area contributed by atoms with E-state index in [1.54, 1.807) is 13.8 Å². The first kappa shape index (κ1) is 19.6. The molecule has 0 aromatic carbocycles. The highest BCUT2D eigenvalue weighted by atomic mass is 16.5. The molecule has 2 fully saturated rings. The van der Waals surface area contributed by atoms with Gasteiger partial charge in [-0.3, -0.25) is 14.4 Å². The van der Waals surface area contributed by atoms with E-state index in [0.29, 0.717) is 35.9 Å². The van der Waals surface area contributed by atoms with Crippen LogP contribution in [0.4, 0.5) is 0 Å². The van der Waals surface area contributed by atoms with Gasteiger partial charge < -0.3 is 4.74 Å². The first-order chi connectivity index (χ1) is 13.3. The molecule has 0 aromatic rings. The van der Waals surface area contributed by atoms with Gasteiger partial charge in [0.25, 0.3) is 0 Å². The van der Waals surface area contributed by atoms with Gasteiger partial charge in [0.15, 0.2) is 18.2 Å². The van der Waals surface area contributed by atoms with E-state index in [1.165, 1.54) is 5.57 Å². The number of carbonyl (C=O) groups is 3. The van der Waals surface area contributed by atoms with E-state index in [2.05, 4.69) is 13.0 Å². The second-order valence-electron chi connectivity index (χ2n) is 9.80. The molecule has 5 atom stereocenters. The summed E-state index contributed by atoms with van der Waals surface area (Å²) in [7, 11) is 0. The van der Waals surface area contributed by atoms with Crippen molar-refractivity contribution in [3.8, 4) is 0 Å². The third-order valence-corrected chi connectivity index (χ3v) is 8.00. The summed E-state index contributed by atoms with van der Waals surface area (Å²) < 4.78 is 5.22. The molecule has 4 aliphatic rings. The average Bonchev–Trinajstić information content (AvgIpc) is 3.02. The van der Waals surface area contributed by atoms with Crippen molar-refractivity contribution >= 4 is 17.5 Å². The Kier molecular flexibility index (Phi) is 5.09. The molecule has 4 rings (SSSR count). The quantitative estimate of drug-likeness (QED) is 0.673. The minimum absolute atomic E-state index is 0.0166. The molecule has 0 N–H and O–H groups in total. The van der Waals surface area contributed by atoms with Crippen LogP contribution in [0.3, 0.4) is 0 Å². The number of Topliss-reactive ketones (excluding diaryl/α,β-unsaturated/α-hetero) is 1. The van der Waals surface area contributed by atoms with Crippen molar-refractivity contribution < 1.29 is 19.1 Å². The Balaban J connectivity index is 1.47. The standard InChI is InChI=1S/C24H32O4/c1-14(2)23(27)28-13-22(26)21-9-8-20-19-6-4-15-12-16(25)5-7-17(15)18(19)10-11-24(20,21)3/h9,12,14,17-20H,4-8,10-11,13H2,1-3H3/t17-,18+,19+,20-,24-/m0/s1. The molecule has 0 aromatic heterocycles. The molecule has 0 heterocycles. The summed E-state index contributed by atoms with van der Waals surface area (Å²) in [6.07, 6.45) is 11.1. The zero-order valence-electron chi connectivity index (χ0n) is 17.3. The zero-order valence-corrected chi connectivity index (χ0v) is 17.3. The van der Waals surface area contributed by atoms with Crippen LogP contribution in [-0.4, -0.2) is 24.1 Å². The highest BCUT2D eigenvalue weighted by molar-refractivity contribution is 5.99. The van der Waals surface area contributed by atoms with E-state index in [1.807, 2.05) is 6.08 Å². The minimum Gasteiger partial charge on any atom is -0.457 e. The second kappa shape index (κ2) is 7.27. The number of ketones is 2. The predicted octanol–water partition coefficient (Wildman–Crippen LogP) is 4.43. The van der Waals surface area contributed by atoms with Crippen molar-refractivity contribution in [1.82, 2.24) is 0 Å². The number of allylic oxidation sites excluding steroid dienone is 3. The van der Waals surface area contributed by atoms with Gasteiger partial charge in [-0.05, 0) is 73.7 Å². The van der Waals surface area contributed by atoms with Crippen LogP contribution in [0.1, 0.15) is 65.7 Å². The molecule has 0 saturated heterocycles. The highest BCUT2D eigenvalue weighted by Gasteiger charge is 2.54. The van der Waals surface area contributed by atoms with Gasteiger partial charge in [0, 0.05) is 12.0 Å². The van der Waals surface area contributed by atoms with Gasteiger partial charge >= 0.3 is 5.97 Å². The van der Waals surface area contributed by atoms with E-state index in [4.69, 9.17) is 4.74 Å². The molecule has 2 saturated carbocycles. The predicted molar refractivity (Wildman–Crippen MR) is 106 cm³/mol. The molecule has 0 aliphatic heterocycles. The van der Waals surface area contributed by atoms with Gasteiger partial charge in [0.2, 0.25) is 0 Å². The molecule has 4 heteroatoms. The first-order valence-electron chi connectivity index (χ1n) is 10.9. The van der Waals surface area contributed by atoms with Crippen LogP contribution >= 0.6 is 0 Å². The van der Waals surface area contributed by atoms with Gasteiger partial charge in [0.1, 0.15) is 0 Å². The van der Waals surface area contributed by atoms with E-state index < -0.39 is 0 Å². The third kappa shape index (κ3) is 3.19. The Bertz CT molecular complexity index is 759. The van der Waals surface area contributed by atoms with Gasteiger partial charge in [-0.2, -0.15) is 0 Å². The molecule has 28 heavy (non-hydrogen) atoms. The smallest absolute Gasteiger partial charge is 0.308 e. The van der Waals surface area contributed by atoms with Crippen LogP contribution in [0.15, 0.2) is 23.3 Å². The Morgan fingerprint density at radius 1 is 1.18 bits per heavy atom. The van der Waals surface area contributed by atoms with Gasteiger partial charge in [0.05, 0.1) is 5.92 Å². The van der Waals surface area contributed by atoms with Crippen molar-refractivity contribution in [3.63, 3.8) is 0 Å². The number of esters is 1. The summed E-state index contributed by atoms with van der Waals surface area (Å²) in [5.41, 5.74) is 2.20. The SMILES string of the molecule is CC(C)C(=O)OCC(=O)C1=CC[C@H]2[C@@H]3CCC4=CC(=O)CC[C@@H]4[C@H]3CC[C@]12C. The van der Waals surface area contributed by atoms with Crippen LogP contribution < -0.4 is 0 Å². The number of fused-ring (bicyclic) bond motifs is 5. The summed E-state index contributed by atoms with van der Waals surface area (Å²) in [5, 5.41) is 0. The van der Waals surface area contributed by atoms with Crippen LogP contribution in [0.2, 0.25) is 0 Å². The number of rotatable bonds is 4. The largest absolute Gasteiger partial charge is 0.457 e. The van der Waals surface area contributed by atoms with Gasteiger partial charge in [-0.1, -0.05) is 32.4 Å². The normalized spacial score (nSPS) is 36.8. The lowest BCUT2D eigenvalue weighted by molar-refractivity contribution is -0.150. The topological polar surface area (TPSA) is 60.4 Å². The van der Waals surface area contributed by atoms with Crippen molar-refractivity contribution in [3.05, 3.63) is 23.3 Å². The van der Waals surface area contributed by atoms with Crippen LogP contribution in [0, 0.1) is 35.0 Å². The molecule has 0 spiro atoms. The van der Waals surface area contributed by atoms with Crippen molar-refractivity contribution in [1.29, 1.82) is 0 Å². The van der Waals surface area contributed by atoms with Crippen molar-refractivity contribution in [2.45, 2.75) is 65.7 Å². The van der Waals surface area contributed by atoms with E-state index >= 15 is 0 Å². The van der Waals surface area contributed by atoms with E-state index in [-0.39, 0.29) is 29.7 Å². The Morgan fingerprint density at radius 3 is 2.71 bits per heavy atom. The van der Waals surface area contributed by atoms with Crippen LogP contribution in [0.5, 0.6) is 0 Å². The lowest BCUT2D eigenvalue weighted by Crippen LogP contribution is -2.46. The molecule has 4 aliphatic carbocycles. The zero-order chi connectivity index (χ0) is 20.1. The molecular formula is C24H32O4. The molecule has 0 bridgehead atoms. The molecule has 4 nitrogen and oxygen atoms in total. The fourth-order valence-electron chi connectivity index (χ4n) is 6.56. The van der Waals surface area contributed by atoms with Crippen LogP contribution in [0.25, 0.3) is 0 Å². The number of ether oxygens (including phenoxy) is 1. The maximum absolute atomic E-state index is 12.9. The molecular weight excluding hydrogens is 352 g/mol. The van der Waals surface area contributed by atoms with E-state index in [9.17, 15) is 14.4 Å². The number of carbonyl (C=O) groups excluding carboxylic acids is 3. The Morgan fingerprint density at radius 2 is 1.96 bits per heavy atom. The summed E-state index contributed by atoms with van der Waals surface area (Å²) in [5.74, 6) is 2.14. The van der Waals surface area contributed by atoms with Gasteiger partial charge in [-0.15, -0.1) is 0 Å². The van der Waals surface area contributed by atoms with Gasteiger partial charge in [-0.25, -0.2) is 0 Å². The average molecular weight is 385 g/mol. The number of hydrogen-bond acceptors (Lipinski definition) is 4.